The molecule has 3 atom stereocenters. The van der Waals surface area contributed by atoms with E-state index in [1.165, 1.54) is 11.8 Å². The van der Waals surface area contributed by atoms with E-state index < -0.39 is 9.84 Å². The summed E-state index contributed by atoms with van der Waals surface area (Å²) in [4.78, 5) is 4.46. The molecule has 128 valence electrons. The summed E-state index contributed by atoms with van der Waals surface area (Å²) in [6, 6.07) is 10.9. The second-order valence-corrected chi connectivity index (χ2v) is 8.55. The van der Waals surface area contributed by atoms with E-state index in [4.69, 9.17) is 0 Å². The summed E-state index contributed by atoms with van der Waals surface area (Å²) in [5.41, 5.74) is 1.35. The van der Waals surface area contributed by atoms with Crippen LogP contribution in [0.2, 0.25) is 0 Å². The Bertz CT molecular complexity index is 628. The lowest BCUT2D eigenvalue weighted by Gasteiger charge is -2.18. The number of guanidine groups is 1. The smallest absolute Gasteiger partial charge is 0.191 e. The minimum absolute atomic E-state index is 0.0662. The molecule has 0 saturated heterocycles. The zero-order chi connectivity index (χ0) is 16.9. The van der Waals surface area contributed by atoms with Gasteiger partial charge < -0.3 is 10.6 Å². The van der Waals surface area contributed by atoms with E-state index in [1.807, 2.05) is 19.9 Å². The van der Waals surface area contributed by atoms with Gasteiger partial charge >= 0.3 is 0 Å². The highest BCUT2D eigenvalue weighted by Crippen LogP contribution is 2.40. The summed E-state index contributed by atoms with van der Waals surface area (Å²) in [5.74, 6) is 1.50. The number of benzene rings is 1. The molecule has 2 rings (SSSR count). The van der Waals surface area contributed by atoms with Crippen molar-refractivity contribution in [1.29, 1.82) is 0 Å². The first-order valence-electron chi connectivity index (χ1n) is 8.19. The van der Waals surface area contributed by atoms with Crippen LogP contribution in [0.4, 0.5) is 0 Å². The van der Waals surface area contributed by atoms with Crippen molar-refractivity contribution >= 4 is 15.8 Å². The predicted octanol–water partition coefficient (Wildman–Crippen LogP) is 1.92. The van der Waals surface area contributed by atoms with Gasteiger partial charge in [0, 0.05) is 30.8 Å². The minimum Gasteiger partial charge on any atom is -0.354 e. The lowest BCUT2D eigenvalue weighted by Crippen LogP contribution is -2.44. The monoisotopic (exact) mass is 337 g/mol. The highest BCUT2D eigenvalue weighted by atomic mass is 32.2. The first-order chi connectivity index (χ1) is 10.9. The Hall–Kier alpha value is -1.56. The number of nitrogens with zero attached hydrogens (tertiary/aromatic N) is 1. The first-order valence-corrected chi connectivity index (χ1v) is 10.2. The van der Waals surface area contributed by atoms with Crippen molar-refractivity contribution in [3.63, 3.8) is 0 Å². The lowest BCUT2D eigenvalue weighted by atomic mass is 10.1. The lowest BCUT2D eigenvalue weighted by molar-refractivity contribution is 0.580. The third-order valence-electron chi connectivity index (χ3n) is 3.96. The Morgan fingerprint density at radius 2 is 2.04 bits per heavy atom. The summed E-state index contributed by atoms with van der Waals surface area (Å²) >= 11 is 0. The molecule has 5 nitrogen and oxygen atoms in total. The molecule has 2 N–H and O–H groups in total. The second-order valence-electron chi connectivity index (χ2n) is 6.29. The molecule has 6 heteroatoms. The van der Waals surface area contributed by atoms with Crippen molar-refractivity contribution in [2.24, 2.45) is 4.99 Å². The van der Waals surface area contributed by atoms with Crippen molar-refractivity contribution in [3.8, 4) is 0 Å². The summed E-state index contributed by atoms with van der Waals surface area (Å²) in [6.07, 6.45) is 2.95. The molecule has 23 heavy (non-hydrogen) atoms. The molecular formula is C17H27N3O2S. The number of rotatable bonds is 7. The van der Waals surface area contributed by atoms with Crippen molar-refractivity contribution in [2.45, 2.75) is 44.7 Å². The van der Waals surface area contributed by atoms with Crippen LogP contribution >= 0.6 is 0 Å². The predicted molar refractivity (Wildman–Crippen MR) is 95.6 cm³/mol. The third kappa shape index (κ3) is 6.22. The largest absolute Gasteiger partial charge is 0.354 e. The van der Waals surface area contributed by atoms with Gasteiger partial charge in [0.15, 0.2) is 5.96 Å². The van der Waals surface area contributed by atoms with Gasteiger partial charge in [0.1, 0.15) is 9.84 Å². The molecule has 0 heterocycles. The van der Waals surface area contributed by atoms with Crippen molar-refractivity contribution < 1.29 is 8.42 Å². The fourth-order valence-corrected chi connectivity index (χ4v) is 3.37. The Morgan fingerprint density at radius 1 is 1.35 bits per heavy atom. The molecule has 0 bridgehead atoms. The van der Waals surface area contributed by atoms with Gasteiger partial charge in [0.05, 0.1) is 5.75 Å². The average Bonchev–Trinajstić information content (AvgIpc) is 3.25. The van der Waals surface area contributed by atoms with E-state index in [9.17, 15) is 8.42 Å². The molecule has 0 amide bonds. The van der Waals surface area contributed by atoms with Crippen LogP contribution < -0.4 is 10.6 Å². The molecule has 0 spiro atoms. The summed E-state index contributed by atoms with van der Waals surface area (Å²) in [5, 5.41) is 6.77. The normalized spacial score (nSPS) is 22.5. The molecule has 1 aliphatic rings. The minimum atomic E-state index is -2.92. The Labute approximate surface area is 139 Å². The van der Waals surface area contributed by atoms with Gasteiger partial charge in [0.2, 0.25) is 0 Å². The van der Waals surface area contributed by atoms with Gasteiger partial charge in [0.25, 0.3) is 0 Å². The highest BCUT2D eigenvalue weighted by molar-refractivity contribution is 7.90. The molecular weight excluding hydrogens is 310 g/mol. The standard InChI is InChI=1S/C17H27N3O2S/c1-4-18-17(19-13(2)10-11-23(3,21)22)20-16-12-15(16)14-8-6-5-7-9-14/h5-9,13,15-16H,4,10-12H2,1-3H3,(H2,18,19,20). The Balaban J connectivity index is 1.85. The molecule has 1 fully saturated rings. The van der Waals surface area contributed by atoms with Crippen LogP contribution in [-0.4, -0.2) is 45.0 Å². The molecule has 1 aliphatic carbocycles. The van der Waals surface area contributed by atoms with Crippen LogP contribution in [-0.2, 0) is 9.84 Å². The van der Waals surface area contributed by atoms with E-state index in [1.54, 1.807) is 0 Å². The van der Waals surface area contributed by atoms with Crippen molar-refractivity contribution in [2.75, 3.05) is 18.6 Å². The summed E-state index contributed by atoms with van der Waals surface area (Å²) in [7, 11) is -2.92. The van der Waals surface area contributed by atoms with Gasteiger partial charge in [-0.15, -0.1) is 0 Å². The van der Waals surface area contributed by atoms with E-state index in [-0.39, 0.29) is 11.8 Å². The SMILES string of the molecule is CCN=C(NC(C)CCS(C)(=O)=O)NC1CC1c1ccccc1. The summed E-state index contributed by atoms with van der Waals surface area (Å²) in [6.45, 7) is 4.67. The van der Waals surface area contributed by atoms with E-state index >= 15 is 0 Å². The van der Waals surface area contributed by atoms with Gasteiger partial charge in [-0.1, -0.05) is 30.3 Å². The van der Waals surface area contributed by atoms with Crippen molar-refractivity contribution in [1.82, 2.24) is 10.6 Å². The van der Waals surface area contributed by atoms with Crippen LogP contribution in [0.5, 0.6) is 0 Å². The van der Waals surface area contributed by atoms with Gasteiger partial charge in [-0.25, -0.2) is 8.42 Å². The molecule has 0 aliphatic heterocycles. The molecule has 0 aromatic heterocycles. The van der Waals surface area contributed by atoms with Crippen LogP contribution in [0.15, 0.2) is 35.3 Å². The Kier molecular flexibility index (Phi) is 6.04. The molecule has 0 radical (unpaired) electrons. The third-order valence-corrected chi connectivity index (χ3v) is 4.94. The molecule has 1 saturated carbocycles. The topological polar surface area (TPSA) is 70.6 Å². The molecule has 3 unspecified atom stereocenters. The maximum absolute atomic E-state index is 11.3. The van der Waals surface area contributed by atoms with Crippen LogP contribution in [0.1, 0.15) is 38.2 Å². The zero-order valence-corrected chi connectivity index (χ0v) is 14.9. The summed E-state index contributed by atoms with van der Waals surface area (Å²) < 4.78 is 22.5. The molecule has 1 aromatic carbocycles. The first kappa shape index (κ1) is 17.8. The zero-order valence-electron chi connectivity index (χ0n) is 14.1. The fraction of sp³-hybridized carbons (Fsp3) is 0.588. The van der Waals surface area contributed by atoms with Crippen LogP contribution in [0.3, 0.4) is 0 Å². The number of hydrogen-bond donors (Lipinski definition) is 2. The van der Waals surface area contributed by atoms with Gasteiger partial charge in [-0.3, -0.25) is 4.99 Å². The van der Waals surface area contributed by atoms with Crippen LogP contribution in [0, 0.1) is 0 Å². The fourth-order valence-electron chi connectivity index (χ4n) is 2.59. The number of nitrogens with one attached hydrogen (secondary N) is 2. The second kappa shape index (κ2) is 7.81. The maximum atomic E-state index is 11.3. The van der Waals surface area contributed by atoms with E-state index in [0.29, 0.717) is 24.9 Å². The highest BCUT2D eigenvalue weighted by Gasteiger charge is 2.38. The quantitative estimate of drug-likeness (QED) is 0.589. The maximum Gasteiger partial charge on any atom is 0.191 e. The number of aliphatic imine (C=N–C) groups is 1. The Morgan fingerprint density at radius 3 is 2.65 bits per heavy atom. The average molecular weight is 337 g/mol. The number of hydrogen-bond acceptors (Lipinski definition) is 3. The van der Waals surface area contributed by atoms with Gasteiger partial charge in [-0.2, -0.15) is 0 Å². The van der Waals surface area contributed by atoms with E-state index in [2.05, 4.69) is 39.9 Å². The number of sulfone groups is 1. The van der Waals surface area contributed by atoms with E-state index in [0.717, 1.165) is 12.4 Å². The van der Waals surface area contributed by atoms with Gasteiger partial charge in [-0.05, 0) is 32.3 Å². The molecule has 1 aromatic rings. The van der Waals surface area contributed by atoms with Crippen molar-refractivity contribution in [3.05, 3.63) is 35.9 Å². The van der Waals surface area contributed by atoms with Crippen LogP contribution in [0.25, 0.3) is 0 Å².